The van der Waals surface area contributed by atoms with E-state index in [1.54, 1.807) is 30.2 Å². The van der Waals surface area contributed by atoms with Crippen LogP contribution in [0, 0.1) is 0 Å². The van der Waals surface area contributed by atoms with Crippen LogP contribution >= 0.6 is 23.1 Å². The molecule has 0 spiro atoms. The van der Waals surface area contributed by atoms with E-state index in [1.807, 2.05) is 12.1 Å². The molecule has 2 N–H and O–H groups in total. The molecule has 3 aromatic carbocycles. The van der Waals surface area contributed by atoms with Crippen molar-refractivity contribution in [2.24, 2.45) is 4.99 Å². The Balaban J connectivity index is 1.12. The maximum atomic E-state index is 5.41. The molecule has 5 nitrogen and oxygen atoms in total. The van der Waals surface area contributed by atoms with Gasteiger partial charge in [0.15, 0.2) is 10.3 Å². The molecule has 5 rings (SSSR count). The molecule has 2 heterocycles. The predicted molar refractivity (Wildman–Crippen MR) is 142 cm³/mol. The zero-order valence-corrected chi connectivity index (χ0v) is 20.1. The van der Waals surface area contributed by atoms with Gasteiger partial charge < -0.3 is 15.4 Å². The number of nitrogens with zero attached hydrogens (tertiary/aromatic N) is 2. The van der Waals surface area contributed by atoms with E-state index in [2.05, 4.69) is 76.3 Å². The van der Waals surface area contributed by atoms with Crippen molar-refractivity contribution in [1.82, 2.24) is 4.98 Å². The number of hydrogen-bond acceptors (Lipinski definition) is 7. The number of anilines is 2. The van der Waals surface area contributed by atoms with Gasteiger partial charge in [-0.3, -0.25) is 4.99 Å². The highest BCUT2D eigenvalue weighted by molar-refractivity contribution is 8.14. The van der Waals surface area contributed by atoms with Crippen molar-refractivity contribution in [2.45, 2.75) is 18.9 Å². The number of para-hydroxylation sites is 1. The molecule has 0 saturated heterocycles. The Labute approximate surface area is 202 Å². The van der Waals surface area contributed by atoms with Gasteiger partial charge in [-0.1, -0.05) is 71.6 Å². The second kappa shape index (κ2) is 10.3. The molecular formula is C26H26N4OS2. The van der Waals surface area contributed by atoms with Crippen LogP contribution in [0.4, 0.5) is 10.8 Å². The summed E-state index contributed by atoms with van der Waals surface area (Å²) in [6.07, 6.45) is 1.93. The van der Waals surface area contributed by atoms with Crippen molar-refractivity contribution >= 4 is 49.3 Å². The first kappa shape index (κ1) is 21.8. The van der Waals surface area contributed by atoms with E-state index in [0.717, 1.165) is 57.1 Å². The molecule has 0 bridgehead atoms. The Morgan fingerprint density at radius 2 is 1.82 bits per heavy atom. The van der Waals surface area contributed by atoms with E-state index in [-0.39, 0.29) is 0 Å². The standard InChI is InChI=1S/C26H26N4OS2/c1-31-22-8-5-9-23-24(22)30-25(33-23)27-15-14-18-10-12-20(13-11-18)28-26-29-21(17-32-26)16-19-6-3-2-4-7-19/h2-13,21H,14-17H2,1H3,(H,27,30)(H,28,29)/t21-/m0/s1. The Morgan fingerprint density at radius 1 is 0.970 bits per heavy atom. The van der Waals surface area contributed by atoms with Gasteiger partial charge in [-0.05, 0) is 48.2 Å². The van der Waals surface area contributed by atoms with Crippen molar-refractivity contribution in [3.8, 4) is 5.75 Å². The number of aromatic nitrogens is 1. The minimum absolute atomic E-state index is 0.340. The average molecular weight is 475 g/mol. The molecule has 0 amide bonds. The summed E-state index contributed by atoms with van der Waals surface area (Å²) in [7, 11) is 1.68. The van der Waals surface area contributed by atoms with E-state index < -0.39 is 0 Å². The Morgan fingerprint density at radius 3 is 2.64 bits per heavy atom. The fourth-order valence-electron chi connectivity index (χ4n) is 3.83. The molecule has 0 unspecified atom stereocenters. The summed E-state index contributed by atoms with van der Waals surface area (Å²) in [5, 5.41) is 8.85. The number of methoxy groups -OCH3 is 1. The van der Waals surface area contributed by atoms with Crippen molar-refractivity contribution in [1.29, 1.82) is 0 Å². The fourth-order valence-corrected chi connectivity index (χ4v) is 5.70. The number of thiazole rings is 1. The normalized spacial score (nSPS) is 15.4. The van der Waals surface area contributed by atoms with Crippen molar-refractivity contribution in [3.63, 3.8) is 0 Å². The van der Waals surface area contributed by atoms with Crippen LogP contribution in [0.2, 0.25) is 0 Å². The zero-order chi connectivity index (χ0) is 22.5. The highest BCUT2D eigenvalue weighted by atomic mass is 32.2. The van der Waals surface area contributed by atoms with Gasteiger partial charge in [0.05, 0.1) is 17.9 Å². The molecular weight excluding hydrogens is 448 g/mol. The molecule has 1 aromatic heterocycles. The van der Waals surface area contributed by atoms with E-state index >= 15 is 0 Å². The topological polar surface area (TPSA) is 58.5 Å². The number of ether oxygens (including phenoxy) is 1. The number of benzene rings is 3. The van der Waals surface area contributed by atoms with Crippen molar-refractivity contribution < 1.29 is 4.74 Å². The largest absolute Gasteiger partial charge is 0.494 e. The molecule has 7 heteroatoms. The van der Waals surface area contributed by atoms with Gasteiger partial charge in [-0.15, -0.1) is 0 Å². The third-order valence-electron chi connectivity index (χ3n) is 5.52. The molecule has 4 aromatic rings. The minimum Gasteiger partial charge on any atom is -0.494 e. The summed E-state index contributed by atoms with van der Waals surface area (Å²) < 4.78 is 6.54. The van der Waals surface area contributed by atoms with Crippen LogP contribution in [0.15, 0.2) is 77.8 Å². The summed E-state index contributed by atoms with van der Waals surface area (Å²) >= 11 is 3.45. The van der Waals surface area contributed by atoms with E-state index in [0.29, 0.717) is 6.04 Å². The molecule has 1 atom stereocenters. The summed E-state index contributed by atoms with van der Waals surface area (Å²) in [4.78, 5) is 9.53. The average Bonchev–Trinajstić information content (AvgIpc) is 3.47. The molecule has 168 valence electrons. The van der Waals surface area contributed by atoms with Gasteiger partial charge in [0.25, 0.3) is 0 Å². The van der Waals surface area contributed by atoms with Gasteiger partial charge in [0, 0.05) is 18.0 Å². The molecule has 0 saturated carbocycles. The lowest BCUT2D eigenvalue weighted by molar-refractivity contribution is 0.419. The Bertz CT molecular complexity index is 1240. The number of nitrogens with one attached hydrogen (secondary N) is 2. The second-order valence-electron chi connectivity index (χ2n) is 7.91. The number of fused-ring (bicyclic) bond motifs is 1. The first-order chi connectivity index (χ1) is 16.3. The Hall–Kier alpha value is -3.03. The number of thioether (sulfide) groups is 1. The molecule has 33 heavy (non-hydrogen) atoms. The van der Waals surface area contributed by atoms with Gasteiger partial charge in [0.2, 0.25) is 0 Å². The highest BCUT2D eigenvalue weighted by Gasteiger charge is 2.18. The smallest absolute Gasteiger partial charge is 0.183 e. The first-order valence-electron chi connectivity index (χ1n) is 11.0. The molecule has 1 aliphatic heterocycles. The van der Waals surface area contributed by atoms with Crippen molar-refractivity contribution in [2.75, 3.05) is 30.0 Å². The van der Waals surface area contributed by atoms with E-state index in [9.17, 15) is 0 Å². The van der Waals surface area contributed by atoms with Crippen LogP contribution in [-0.2, 0) is 12.8 Å². The number of rotatable bonds is 8. The van der Waals surface area contributed by atoms with Crippen molar-refractivity contribution in [3.05, 3.63) is 83.9 Å². The number of aliphatic imine (C=N–C) groups is 1. The summed E-state index contributed by atoms with van der Waals surface area (Å²) in [6.45, 7) is 0.832. The monoisotopic (exact) mass is 474 g/mol. The maximum absolute atomic E-state index is 5.41. The quantitative estimate of drug-likeness (QED) is 0.324. The summed E-state index contributed by atoms with van der Waals surface area (Å²) in [5.41, 5.74) is 4.63. The lowest BCUT2D eigenvalue weighted by atomic mass is 10.1. The predicted octanol–water partition coefficient (Wildman–Crippen LogP) is 6.09. The first-order valence-corrected chi connectivity index (χ1v) is 12.8. The lowest BCUT2D eigenvalue weighted by Gasteiger charge is -2.07. The summed E-state index contributed by atoms with van der Waals surface area (Å²) in [6, 6.07) is 25.5. The van der Waals surface area contributed by atoms with Crippen LogP contribution in [0.1, 0.15) is 11.1 Å². The third kappa shape index (κ3) is 5.49. The van der Waals surface area contributed by atoms with Crippen LogP contribution in [0.3, 0.4) is 0 Å². The van der Waals surface area contributed by atoms with Crippen LogP contribution < -0.4 is 15.4 Å². The molecule has 0 radical (unpaired) electrons. The SMILES string of the molecule is COc1cccc2sc(NCCc3ccc(NC4=N[C@@H](Cc5ccccc5)CS4)cc3)nc12. The van der Waals surface area contributed by atoms with Gasteiger partial charge in [-0.2, -0.15) is 0 Å². The van der Waals surface area contributed by atoms with Gasteiger partial charge >= 0.3 is 0 Å². The second-order valence-corrected chi connectivity index (χ2v) is 9.95. The lowest BCUT2D eigenvalue weighted by Crippen LogP contribution is -2.08. The Kier molecular flexibility index (Phi) is 6.79. The highest BCUT2D eigenvalue weighted by Crippen LogP contribution is 2.32. The zero-order valence-electron chi connectivity index (χ0n) is 18.5. The van der Waals surface area contributed by atoms with Gasteiger partial charge in [-0.25, -0.2) is 4.98 Å². The molecule has 1 aliphatic rings. The minimum atomic E-state index is 0.340. The number of hydrogen-bond donors (Lipinski definition) is 2. The third-order valence-corrected chi connectivity index (χ3v) is 7.53. The van der Waals surface area contributed by atoms with Gasteiger partial charge in [0.1, 0.15) is 11.3 Å². The summed E-state index contributed by atoms with van der Waals surface area (Å²) in [5.74, 6) is 1.84. The van der Waals surface area contributed by atoms with E-state index in [1.165, 1.54) is 11.1 Å². The van der Waals surface area contributed by atoms with Crippen LogP contribution in [-0.4, -0.2) is 35.6 Å². The number of amidine groups is 1. The molecule has 0 aliphatic carbocycles. The van der Waals surface area contributed by atoms with E-state index in [4.69, 9.17) is 9.73 Å². The fraction of sp³-hybridized carbons (Fsp3) is 0.231. The molecule has 0 fully saturated rings. The maximum Gasteiger partial charge on any atom is 0.183 e. The van der Waals surface area contributed by atoms with Crippen LogP contribution in [0.25, 0.3) is 10.2 Å². The van der Waals surface area contributed by atoms with Crippen LogP contribution in [0.5, 0.6) is 5.75 Å².